The Morgan fingerprint density at radius 1 is 1.67 bits per heavy atom. The summed E-state index contributed by atoms with van der Waals surface area (Å²) in [5, 5.41) is 0. The van der Waals surface area contributed by atoms with Crippen LogP contribution in [0.3, 0.4) is 0 Å². The molecule has 0 aromatic heterocycles. The topological polar surface area (TPSA) is 12.4 Å². The second-order valence-electron chi connectivity index (χ2n) is 0.853. The van der Waals surface area contributed by atoms with Crippen molar-refractivity contribution in [3.8, 4) is 0 Å². The predicted octanol–water partition coefficient (Wildman–Crippen LogP) is 1.14. The zero-order chi connectivity index (χ0) is 4.83. The van der Waals surface area contributed by atoms with Crippen LogP contribution in [0, 0.1) is 0 Å². The molecule has 0 bridgehead atoms. The van der Waals surface area contributed by atoms with Gasteiger partial charge >= 0.3 is 0 Å². The first-order valence-electron chi connectivity index (χ1n) is 1.87. The third kappa shape index (κ3) is 3.41. The fourth-order valence-corrected chi connectivity index (χ4v) is 0.149. The van der Waals surface area contributed by atoms with Gasteiger partial charge in [0.25, 0.3) is 0 Å². The first-order valence-corrected chi connectivity index (χ1v) is 1.87. The summed E-state index contributed by atoms with van der Waals surface area (Å²) in [5.74, 6) is 0. The van der Waals surface area contributed by atoms with Crippen molar-refractivity contribution < 1.29 is 0 Å². The molecule has 0 unspecified atom stereocenters. The molecule has 0 saturated heterocycles. The van der Waals surface area contributed by atoms with E-state index in [0.29, 0.717) is 0 Å². The number of hydrogen-bond donors (Lipinski definition) is 0. The summed E-state index contributed by atoms with van der Waals surface area (Å²) in [4.78, 5) is 3.59. The fraction of sp³-hybridized carbons (Fsp3) is 0.400. The molecule has 0 N–H and O–H groups in total. The molecule has 0 aliphatic carbocycles. The Balaban J connectivity index is 3.07. The van der Waals surface area contributed by atoms with E-state index < -0.39 is 0 Å². The van der Waals surface area contributed by atoms with E-state index in [1.807, 2.05) is 13.0 Å². The third-order valence-corrected chi connectivity index (χ3v) is 0.370. The molecule has 1 nitrogen and oxygen atoms in total. The molecule has 0 aromatic carbocycles. The van der Waals surface area contributed by atoms with Gasteiger partial charge in [0.2, 0.25) is 0 Å². The molecule has 34 valence electrons. The van der Waals surface area contributed by atoms with Crippen LogP contribution in [0.15, 0.2) is 17.1 Å². The maximum Gasteiger partial charge on any atom is 0.00584 e. The Kier molecular flexibility index (Phi) is 3.98. The number of hydrogen-bond acceptors (Lipinski definition) is 1. The smallest absolute Gasteiger partial charge is 0.00584 e. The summed E-state index contributed by atoms with van der Waals surface area (Å²) in [6.45, 7) is 1.93. The van der Waals surface area contributed by atoms with Gasteiger partial charge in [-0.2, -0.15) is 6.21 Å². The quantitative estimate of drug-likeness (QED) is 0.332. The predicted molar refractivity (Wildman–Crippen MR) is 28.2 cm³/mol. The minimum atomic E-state index is 1.69. The van der Waals surface area contributed by atoms with Gasteiger partial charge in [-0.25, -0.2) is 12.2 Å². The van der Waals surface area contributed by atoms with Crippen LogP contribution in [0.25, 0.3) is 0 Å². The highest BCUT2D eigenvalue weighted by molar-refractivity contribution is 5.70. The molecule has 0 aliphatic rings. The van der Waals surface area contributed by atoms with E-state index in [9.17, 15) is 0 Å². The van der Waals surface area contributed by atoms with Crippen molar-refractivity contribution in [2.45, 2.75) is 6.92 Å². The maximum absolute atomic E-state index is 3.59. The molecule has 0 aliphatic heterocycles. The molecule has 1 heteroatoms. The van der Waals surface area contributed by atoms with Crippen LogP contribution in [-0.4, -0.2) is 13.3 Å². The van der Waals surface area contributed by atoms with Gasteiger partial charge in [-0.1, -0.05) is 0 Å². The molecule has 0 aromatic rings. The number of allylic oxidation sites excluding steroid dienone is 2. The Hall–Kier alpha value is -0.590. The van der Waals surface area contributed by atoms with Gasteiger partial charge in [0.15, 0.2) is 0 Å². The van der Waals surface area contributed by atoms with Crippen LogP contribution in [0.1, 0.15) is 6.92 Å². The Morgan fingerprint density at radius 2 is 2.33 bits per heavy atom. The number of rotatable bonds is 1. The molecule has 0 amide bonds. The molecule has 0 fully saturated rings. The zero-order valence-electron chi connectivity index (χ0n) is 4.10. The summed E-state index contributed by atoms with van der Waals surface area (Å²) in [6.07, 6.45) is 6.29. The van der Waals surface area contributed by atoms with Gasteiger partial charge in [0.1, 0.15) is 0 Å². The van der Waals surface area contributed by atoms with Crippen LogP contribution in [0.2, 0.25) is 0 Å². The highest BCUT2D eigenvalue weighted by Gasteiger charge is 1.35. The second-order valence-corrected chi connectivity index (χ2v) is 0.853. The number of aliphatic imine (C=N–C) groups is 1. The van der Waals surface area contributed by atoms with Crippen molar-refractivity contribution in [1.29, 1.82) is 0 Å². The third-order valence-electron chi connectivity index (χ3n) is 0.370. The van der Waals surface area contributed by atoms with Crippen LogP contribution in [0.4, 0.5) is 0 Å². The van der Waals surface area contributed by atoms with Crippen LogP contribution < -0.4 is 0 Å². The standard InChI is InChI=1S/C5H8N/c1-3-4-5-6-2/h3-4H,1-2H3/q-1/b4-3-. The van der Waals surface area contributed by atoms with Crippen LogP contribution in [0.5, 0.6) is 0 Å². The number of nitrogens with zero attached hydrogens (tertiary/aromatic N) is 1. The fourth-order valence-electron chi connectivity index (χ4n) is 0.149. The maximum atomic E-state index is 3.59. The molecule has 0 rings (SSSR count). The normalized spacial score (nSPS) is 11.7. The summed E-state index contributed by atoms with van der Waals surface area (Å²) in [6, 6.07) is 0. The van der Waals surface area contributed by atoms with Crippen molar-refractivity contribution in [3.63, 3.8) is 0 Å². The first kappa shape index (κ1) is 5.41. The van der Waals surface area contributed by atoms with Crippen LogP contribution in [-0.2, 0) is 0 Å². The van der Waals surface area contributed by atoms with Gasteiger partial charge in [-0.3, -0.25) is 0 Å². The average molecular weight is 82.1 g/mol. The minimum absolute atomic E-state index is 1.69. The molecule has 0 heterocycles. The SMILES string of the molecule is C/C=C\[C-]=NC. The molecule has 6 heavy (non-hydrogen) atoms. The highest BCUT2D eigenvalue weighted by Crippen LogP contribution is 1.60. The lowest BCUT2D eigenvalue weighted by atomic mass is 10.6. The molecular weight excluding hydrogens is 74.1 g/mol. The first-order chi connectivity index (χ1) is 2.91. The molecule has 0 saturated carbocycles. The Bertz CT molecular complexity index is 52.3. The summed E-state index contributed by atoms with van der Waals surface area (Å²) in [5.41, 5.74) is 0. The Morgan fingerprint density at radius 3 is 2.50 bits per heavy atom. The lowest BCUT2D eigenvalue weighted by Gasteiger charge is -1.77. The zero-order valence-corrected chi connectivity index (χ0v) is 4.10. The lowest BCUT2D eigenvalue weighted by molar-refractivity contribution is 1.47. The summed E-state index contributed by atoms with van der Waals surface area (Å²) < 4.78 is 0. The van der Waals surface area contributed by atoms with Crippen LogP contribution >= 0.6 is 0 Å². The molecule has 0 spiro atoms. The van der Waals surface area contributed by atoms with Gasteiger partial charge in [0.05, 0.1) is 0 Å². The van der Waals surface area contributed by atoms with Gasteiger partial charge in [-0.05, 0) is 0 Å². The van der Waals surface area contributed by atoms with E-state index in [1.54, 1.807) is 13.1 Å². The average Bonchev–Trinajstić information content (AvgIpc) is 1.61. The van der Waals surface area contributed by atoms with Gasteiger partial charge < -0.3 is 4.99 Å². The van der Waals surface area contributed by atoms with Crippen molar-refractivity contribution >= 4 is 6.21 Å². The summed E-state index contributed by atoms with van der Waals surface area (Å²) in [7, 11) is 1.69. The van der Waals surface area contributed by atoms with E-state index in [0.717, 1.165) is 0 Å². The van der Waals surface area contributed by atoms with Crippen molar-refractivity contribution in [3.05, 3.63) is 12.2 Å². The van der Waals surface area contributed by atoms with E-state index in [4.69, 9.17) is 0 Å². The van der Waals surface area contributed by atoms with Crippen molar-refractivity contribution in [2.75, 3.05) is 7.05 Å². The van der Waals surface area contributed by atoms with E-state index in [1.165, 1.54) is 0 Å². The highest BCUT2D eigenvalue weighted by atomic mass is 14.6. The van der Waals surface area contributed by atoms with E-state index in [-0.39, 0.29) is 0 Å². The van der Waals surface area contributed by atoms with E-state index >= 15 is 0 Å². The molecule has 0 atom stereocenters. The van der Waals surface area contributed by atoms with Crippen molar-refractivity contribution in [1.82, 2.24) is 0 Å². The molecular formula is C5H8N-. The monoisotopic (exact) mass is 82.1 g/mol. The molecule has 0 radical (unpaired) electrons. The van der Waals surface area contributed by atoms with Gasteiger partial charge in [-0.15, -0.1) is 6.92 Å². The minimum Gasteiger partial charge on any atom is -0.399 e. The summed E-state index contributed by atoms with van der Waals surface area (Å²) >= 11 is 0. The second kappa shape index (κ2) is 4.41. The Labute approximate surface area is 38.4 Å². The van der Waals surface area contributed by atoms with Gasteiger partial charge in [0, 0.05) is 7.05 Å². The largest absolute Gasteiger partial charge is 0.399 e. The van der Waals surface area contributed by atoms with Crippen molar-refractivity contribution in [2.24, 2.45) is 4.99 Å². The lowest BCUT2D eigenvalue weighted by Crippen LogP contribution is -1.56. The van der Waals surface area contributed by atoms with E-state index in [2.05, 4.69) is 11.2 Å².